The van der Waals surface area contributed by atoms with Gasteiger partial charge in [0.15, 0.2) is 0 Å². The Bertz CT molecular complexity index is 410. The number of hydrogen-bond acceptors (Lipinski definition) is 3. The molecule has 0 aliphatic carbocycles. The fourth-order valence-corrected chi connectivity index (χ4v) is 2.74. The summed E-state index contributed by atoms with van der Waals surface area (Å²) in [6.07, 6.45) is 1.70. The van der Waals surface area contributed by atoms with Crippen LogP contribution in [0.2, 0.25) is 0 Å². The van der Waals surface area contributed by atoms with Gasteiger partial charge >= 0.3 is 0 Å². The summed E-state index contributed by atoms with van der Waals surface area (Å²) in [5, 5.41) is 5.50. The molecule has 2 aromatic heterocycles. The lowest BCUT2D eigenvalue weighted by atomic mass is 10.2. The fraction of sp³-hybridized carbons (Fsp3) is 0.273. The lowest BCUT2D eigenvalue weighted by Crippen LogP contribution is -2.16. The summed E-state index contributed by atoms with van der Waals surface area (Å²) in [4.78, 5) is 1.32. The Morgan fingerprint density at radius 3 is 3.07 bits per heavy atom. The maximum atomic E-state index is 5.32. The van der Waals surface area contributed by atoms with Gasteiger partial charge in [-0.15, -0.1) is 11.3 Å². The third kappa shape index (κ3) is 2.93. The molecule has 2 aromatic rings. The van der Waals surface area contributed by atoms with E-state index in [1.807, 2.05) is 12.1 Å². The third-order valence-electron chi connectivity index (χ3n) is 2.17. The van der Waals surface area contributed by atoms with Crippen molar-refractivity contribution in [3.8, 4) is 0 Å². The van der Waals surface area contributed by atoms with E-state index in [0.29, 0.717) is 0 Å². The molecule has 0 aliphatic rings. The van der Waals surface area contributed by atoms with Gasteiger partial charge in [-0.2, -0.15) is 0 Å². The minimum Gasteiger partial charge on any atom is -0.468 e. The van der Waals surface area contributed by atoms with Crippen LogP contribution in [0.3, 0.4) is 0 Å². The van der Waals surface area contributed by atoms with Crippen LogP contribution in [0.25, 0.3) is 0 Å². The van der Waals surface area contributed by atoms with E-state index in [1.54, 1.807) is 17.6 Å². The summed E-state index contributed by atoms with van der Waals surface area (Å²) in [6.45, 7) is 2.97. The highest BCUT2D eigenvalue weighted by Crippen LogP contribution is 2.20. The zero-order valence-corrected chi connectivity index (χ0v) is 10.8. The summed E-state index contributed by atoms with van der Waals surface area (Å²) < 4.78 is 6.47. The number of hydrogen-bond donors (Lipinski definition) is 1. The fourth-order valence-electron chi connectivity index (χ4n) is 1.34. The van der Waals surface area contributed by atoms with Crippen molar-refractivity contribution in [2.75, 3.05) is 0 Å². The van der Waals surface area contributed by atoms with Gasteiger partial charge in [-0.1, -0.05) is 0 Å². The normalized spacial score (nSPS) is 12.9. The van der Waals surface area contributed by atoms with Crippen LogP contribution in [-0.2, 0) is 6.54 Å². The second-order valence-electron chi connectivity index (χ2n) is 3.35. The van der Waals surface area contributed by atoms with Crippen LogP contribution in [0.5, 0.6) is 0 Å². The predicted molar refractivity (Wildman–Crippen MR) is 66.0 cm³/mol. The van der Waals surface area contributed by atoms with Crippen LogP contribution in [0, 0.1) is 0 Å². The summed E-state index contributed by atoms with van der Waals surface area (Å²) >= 11 is 5.19. The molecule has 2 rings (SSSR count). The van der Waals surface area contributed by atoms with Crippen molar-refractivity contribution in [2.45, 2.75) is 19.5 Å². The van der Waals surface area contributed by atoms with Crippen molar-refractivity contribution in [1.29, 1.82) is 0 Å². The number of nitrogens with one attached hydrogen (secondary N) is 1. The quantitative estimate of drug-likeness (QED) is 0.920. The highest BCUT2D eigenvalue weighted by molar-refractivity contribution is 9.10. The first-order valence-electron chi connectivity index (χ1n) is 4.75. The highest BCUT2D eigenvalue weighted by atomic mass is 79.9. The predicted octanol–water partition coefficient (Wildman–Crippen LogP) is 3.95. The summed E-state index contributed by atoms with van der Waals surface area (Å²) in [5.41, 5.74) is 0. The first-order chi connectivity index (χ1) is 7.25. The second-order valence-corrected chi connectivity index (χ2v) is 5.26. The van der Waals surface area contributed by atoms with E-state index in [4.69, 9.17) is 4.42 Å². The van der Waals surface area contributed by atoms with Crippen molar-refractivity contribution in [3.05, 3.63) is 45.0 Å². The van der Waals surface area contributed by atoms with E-state index in [1.165, 1.54) is 4.88 Å². The third-order valence-corrected chi connectivity index (χ3v) is 3.87. The van der Waals surface area contributed by atoms with Gasteiger partial charge in [0.1, 0.15) is 5.76 Å². The van der Waals surface area contributed by atoms with E-state index >= 15 is 0 Å². The van der Waals surface area contributed by atoms with Crippen LogP contribution in [0.1, 0.15) is 23.6 Å². The molecule has 4 heteroatoms. The van der Waals surface area contributed by atoms with Gasteiger partial charge in [-0.05, 0) is 41.1 Å². The summed E-state index contributed by atoms with van der Waals surface area (Å²) in [5.74, 6) is 0.977. The molecule has 0 amide bonds. The van der Waals surface area contributed by atoms with Gasteiger partial charge in [-0.3, -0.25) is 0 Å². The van der Waals surface area contributed by atoms with E-state index in [9.17, 15) is 0 Å². The average molecular weight is 286 g/mol. The topological polar surface area (TPSA) is 25.2 Å². The Balaban J connectivity index is 1.88. The van der Waals surface area contributed by atoms with Crippen LogP contribution < -0.4 is 5.32 Å². The van der Waals surface area contributed by atoms with Gasteiger partial charge in [0.2, 0.25) is 0 Å². The molecule has 0 aliphatic heterocycles. The molecule has 0 radical (unpaired) electrons. The molecule has 0 saturated carbocycles. The van der Waals surface area contributed by atoms with Gasteiger partial charge in [-0.25, -0.2) is 0 Å². The molecule has 0 unspecified atom stereocenters. The van der Waals surface area contributed by atoms with Crippen LogP contribution >= 0.6 is 27.3 Å². The Labute approximate surface area is 101 Å². The monoisotopic (exact) mass is 285 g/mol. The van der Waals surface area contributed by atoms with Gasteiger partial charge < -0.3 is 9.73 Å². The minimum absolute atomic E-state index is 0.251. The summed E-state index contributed by atoms with van der Waals surface area (Å²) in [6, 6.07) is 6.28. The molecule has 0 fully saturated rings. The molecule has 15 heavy (non-hydrogen) atoms. The van der Waals surface area contributed by atoms with Crippen molar-refractivity contribution < 1.29 is 4.42 Å². The lowest BCUT2D eigenvalue weighted by Gasteiger charge is -2.09. The maximum Gasteiger partial charge on any atom is 0.120 e. The first kappa shape index (κ1) is 10.9. The molecule has 1 N–H and O–H groups in total. The van der Waals surface area contributed by atoms with Crippen LogP contribution in [0.4, 0.5) is 0 Å². The van der Waals surface area contributed by atoms with Crippen molar-refractivity contribution >= 4 is 27.3 Å². The van der Waals surface area contributed by atoms with Crippen molar-refractivity contribution in [1.82, 2.24) is 5.32 Å². The summed E-state index contributed by atoms with van der Waals surface area (Å²) in [7, 11) is 0. The molecule has 0 aromatic carbocycles. The number of halogens is 1. The van der Waals surface area contributed by atoms with Crippen LogP contribution in [-0.4, -0.2) is 0 Å². The lowest BCUT2D eigenvalue weighted by molar-refractivity contribution is 0.431. The molecular weight excluding hydrogens is 274 g/mol. The second kappa shape index (κ2) is 4.96. The highest BCUT2D eigenvalue weighted by Gasteiger charge is 2.07. The standard InChI is InChI=1S/C11H12BrNOS/c1-8(11-3-2-4-14-11)13-6-10-5-9(12)7-15-10/h2-5,7-8,13H,6H2,1H3/t8-/m1/s1. The van der Waals surface area contributed by atoms with E-state index in [-0.39, 0.29) is 6.04 Å². The molecule has 80 valence electrons. The van der Waals surface area contributed by atoms with Crippen molar-refractivity contribution in [2.24, 2.45) is 0 Å². The number of furan rings is 1. The van der Waals surface area contributed by atoms with E-state index in [0.717, 1.165) is 16.8 Å². The Hall–Kier alpha value is -0.580. The first-order valence-corrected chi connectivity index (χ1v) is 6.42. The Kier molecular flexibility index (Phi) is 3.61. The molecule has 1 atom stereocenters. The van der Waals surface area contributed by atoms with Gasteiger partial charge in [0, 0.05) is 21.3 Å². The molecule has 0 bridgehead atoms. The Morgan fingerprint density at radius 1 is 1.60 bits per heavy atom. The van der Waals surface area contributed by atoms with Crippen LogP contribution in [0.15, 0.2) is 38.7 Å². The SMILES string of the molecule is C[C@@H](NCc1cc(Br)cs1)c1ccco1. The average Bonchev–Trinajstić information content (AvgIpc) is 2.84. The van der Waals surface area contributed by atoms with Gasteiger partial charge in [0.25, 0.3) is 0 Å². The smallest absolute Gasteiger partial charge is 0.120 e. The van der Waals surface area contributed by atoms with Crippen molar-refractivity contribution in [3.63, 3.8) is 0 Å². The Morgan fingerprint density at radius 2 is 2.47 bits per heavy atom. The maximum absolute atomic E-state index is 5.32. The molecule has 2 nitrogen and oxygen atoms in total. The molecule has 0 spiro atoms. The molecular formula is C11H12BrNOS. The molecule has 2 heterocycles. The number of thiophene rings is 1. The van der Waals surface area contributed by atoms with Gasteiger partial charge in [0.05, 0.1) is 12.3 Å². The van der Waals surface area contributed by atoms with E-state index < -0.39 is 0 Å². The van der Waals surface area contributed by atoms with E-state index in [2.05, 4.69) is 39.6 Å². The number of rotatable bonds is 4. The zero-order chi connectivity index (χ0) is 10.7. The molecule has 0 saturated heterocycles. The minimum atomic E-state index is 0.251. The largest absolute Gasteiger partial charge is 0.468 e. The zero-order valence-electron chi connectivity index (χ0n) is 8.37.